The molecule has 1 aromatic heterocycles. The molecule has 0 aliphatic carbocycles. The van der Waals surface area contributed by atoms with Crippen LogP contribution in [0, 0.1) is 6.92 Å². The van der Waals surface area contributed by atoms with Crippen molar-refractivity contribution in [3.8, 4) is 17.0 Å². The molecule has 23 heavy (non-hydrogen) atoms. The molecule has 4 nitrogen and oxygen atoms in total. The number of thiazole rings is 1. The number of nitrogens with zero attached hydrogens (tertiary/aromatic N) is 1. The van der Waals surface area contributed by atoms with E-state index in [2.05, 4.69) is 4.98 Å². The molecule has 0 bridgehead atoms. The summed E-state index contributed by atoms with van der Waals surface area (Å²) in [6, 6.07) is 14.5. The van der Waals surface area contributed by atoms with E-state index in [1.54, 1.807) is 29.5 Å². The van der Waals surface area contributed by atoms with Gasteiger partial charge in [0.15, 0.2) is 0 Å². The average Bonchev–Trinajstić information content (AvgIpc) is 3.00. The molecular formula is C18H15NO3S. The maximum atomic E-state index is 11.0. The van der Waals surface area contributed by atoms with E-state index in [0.29, 0.717) is 6.61 Å². The molecule has 0 fully saturated rings. The van der Waals surface area contributed by atoms with Crippen molar-refractivity contribution in [1.29, 1.82) is 0 Å². The lowest BCUT2D eigenvalue weighted by atomic mass is 10.1. The highest BCUT2D eigenvalue weighted by Gasteiger charge is 2.05. The zero-order valence-corrected chi connectivity index (χ0v) is 13.3. The van der Waals surface area contributed by atoms with E-state index in [1.807, 2.05) is 42.6 Å². The number of carbonyl (C=O) groups is 1. The molecule has 0 spiro atoms. The molecule has 0 atom stereocenters. The van der Waals surface area contributed by atoms with Gasteiger partial charge in [-0.3, -0.25) is 0 Å². The monoisotopic (exact) mass is 325 g/mol. The van der Waals surface area contributed by atoms with Gasteiger partial charge in [0.1, 0.15) is 12.4 Å². The maximum Gasteiger partial charge on any atom is 0.335 e. The summed E-state index contributed by atoms with van der Waals surface area (Å²) in [4.78, 5) is 15.4. The highest BCUT2D eigenvalue weighted by Crippen LogP contribution is 2.24. The van der Waals surface area contributed by atoms with Crippen LogP contribution in [0.2, 0.25) is 0 Å². The minimum Gasteiger partial charge on any atom is -0.489 e. The number of hydrogen-bond acceptors (Lipinski definition) is 4. The summed E-state index contributed by atoms with van der Waals surface area (Å²) in [5.41, 5.74) is 3.10. The van der Waals surface area contributed by atoms with Gasteiger partial charge in [0.25, 0.3) is 0 Å². The Kier molecular flexibility index (Phi) is 4.39. The number of aromatic nitrogens is 1. The highest BCUT2D eigenvalue weighted by molar-refractivity contribution is 7.09. The van der Waals surface area contributed by atoms with Crippen molar-refractivity contribution in [1.82, 2.24) is 4.98 Å². The molecule has 3 aromatic rings. The van der Waals surface area contributed by atoms with E-state index in [4.69, 9.17) is 9.84 Å². The average molecular weight is 325 g/mol. The third-order valence-electron chi connectivity index (χ3n) is 3.35. The third-order valence-corrected chi connectivity index (χ3v) is 4.12. The Bertz CT molecular complexity index is 824. The van der Waals surface area contributed by atoms with Gasteiger partial charge in [0.2, 0.25) is 0 Å². The van der Waals surface area contributed by atoms with E-state index >= 15 is 0 Å². The molecule has 0 unspecified atom stereocenters. The van der Waals surface area contributed by atoms with Crippen molar-refractivity contribution in [3.63, 3.8) is 0 Å². The van der Waals surface area contributed by atoms with Crippen molar-refractivity contribution in [2.45, 2.75) is 13.5 Å². The number of aryl methyl sites for hydroxylation is 1. The Balaban J connectivity index is 1.67. The standard InChI is InChI=1S/C18H15NO3S/c1-12-19-17(11-23-12)14-5-7-16(8-6-14)22-10-13-3-2-4-15(9-13)18(20)21/h2-9,11H,10H2,1H3,(H,20,21). The summed E-state index contributed by atoms with van der Waals surface area (Å²) in [7, 11) is 0. The van der Waals surface area contributed by atoms with Crippen LogP contribution in [0.3, 0.4) is 0 Å². The summed E-state index contributed by atoms with van der Waals surface area (Å²) in [6.07, 6.45) is 0. The fourth-order valence-corrected chi connectivity index (χ4v) is 2.80. The number of ether oxygens (including phenoxy) is 1. The first-order valence-electron chi connectivity index (χ1n) is 7.09. The van der Waals surface area contributed by atoms with Crippen molar-refractivity contribution >= 4 is 17.3 Å². The Labute approximate surface area is 138 Å². The summed E-state index contributed by atoms with van der Waals surface area (Å²) in [6.45, 7) is 2.31. The third kappa shape index (κ3) is 3.76. The van der Waals surface area contributed by atoms with Crippen LogP contribution in [0.15, 0.2) is 53.9 Å². The van der Waals surface area contributed by atoms with Gasteiger partial charge in [0, 0.05) is 10.9 Å². The van der Waals surface area contributed by atoms with Crippen LogP contribution in [-0.4, -0.2) is 16.1 Å². The summed E-state index contributed by atoms with van der Waals surface area (Å²) in [5.74, 6) is -0.198. The van der Waals surface area contributed by atoms with E-state index < -0.39 is 5.97 Å². The van der Waals surface area contributed by atoms with E-state index in [9.17, 15) is 4.79 Å². The zero-order chi connectivity index (χ0) is 16.2. The van der Waals surface area contributed by atoms with E-state index in [0.717, 1.165) is 27.6 Å². The van der Waals surface area contributed by atoms with Gasteiger partial charge in [0.05, 0.1) is 16.3 Å². The molecule has 0 amide bonds. The van der Waals surface area contributed by atoms with Crippen molar-refractivity contribution in [2.24, 2.45) is 0 Å². The van der Waals surface area contributed by atoms with Crippen LogP contribution in [0.1, 0.15) is 20.9 Å². The Hall–Kier alpha value is -2.66. The number of carboxylic acids is 1. The van der Waals surface area contributed by atoms with Gasteiger partial charge in [-0.25, -0.2) is 9.78 Å². The minimum absolute atomic E-state index is 0.264. The van der Waals surface area contributed by atoms with Gasteiger partial charge < -0.3 is 9.84 Å². The van der Waals surface area contributed by atoms with Crippen LogP contribution < -0.4 is 4.74 Å². The Morgan fingerprint density at radius 1 is 1.22 bits per heavy atom. The number of hydrogen-bond donors (Lipinski definition) is 1. The largest absolute Gasteiger partial charge is 0.489 e. The summed E-state index contributed by atoms with van der Waals surface area (Å²) >= 11 is 1.62. The Morgan fingerprint density at radius 3 is 2.65 bits per heavy atom. The molecular weight excluding hydrogens is 310 g/mol. The van der Waals surface area contributed by atoms with Crippen LogP contribution in [0.25, 0.3) is 11.3 Å². The fraction of sp³-hybridized carbons (Fsp3) is 0.111. The predicted molar refractivity (Wildman–Crippen MR) is 90.0 cm³/mol. The normalized spacial score (nSPS) is 10.5. The van der Waals surface area contributed by atoms with Crippen molar-refractivity contribution in [3.05, 3.63) is 70.0 Å². The topological polar surface area (TPSA) is 59.4 Å². The fourth-order valence-electron chi connectivity index (χ4n) is 2.18. The quantitative estimate of drug-likeness (QED) is 0.755. The number of aromatic carboxylic acids is 1. The molecule has 1 N–H and O–H groups in total. The molecule has 0 aliphatic rings. The van der Waals surface area contributed by atoms with Crippen LogP contribution >= 0.6 is 11.3 Å². The molecule has 0 radical (unpaired) electrons. The summed E-state index contributed by atoms with van der Waals surface area (Å²) < 4.78 is 5.71. The minimum atomic E-state index is -0.935. The molecule has 3 rings (SSSR count). The zero-order valence-electron chi connectivity index (χ0n) is 12.5. The van der Waals surface area contributed by atoms with Crippen molar-refractivity contribution < 1.29 is 14.6 Å². The molecule has 5 heteroatoms. The SMILES string of the molecule is Cc1nc(-c2ccc(OCc3cccc(C(=O)O)c3)cc2)cs1. The predicted octanol–water partition coefficient (Wildman–Crippen LogP) is 4.40. The lowest BCUT2D eigenvalue weighted by Crippen LogP contribution is -2.00. The van der Waals surface area contributed by atoms with E-state index in [1.165, 1.54) is 0 Å². The van der Waals surface area contributed by atoms with Gasteiger partial charge in [-0.1, -0.05) is 12.1 Å². The number of carboxylic acid groups (broad SMARTS) is 1. The maximum absolute atomic E-state index is 11.0. The molecule has 116 valence electrons. The summed E-state index contributed by atoms with van der Waals surface area (Å²) in [5, 5.41) is 12.1. The second-order valence-electron chi connectivity index (χ2n) is 5.07. The number of rotatable bonds is 5. The van der Waals surface area contributed by atoms with Crippen LogP contribution in [0.4, 0.5) is 0 Å². The smallest absolute Gasteiger partial charge is 0.335 e. The molecule has 0 saturated carbocycles. The first kappa shape index (κ1) is 15.2. The molecule has 0 saturated heterocycles. The first-order valence-corrected chi connectivity index (χ1v) is 7.97. The van der Waals surface area contributed by atoms with Gasteiger partial charge in [-0.05, 0) is 48.9 Å². The van der Waals surface area contributed by atoms with Gasteiger partial charge in [-0.15, -0.1) is 11.3 Å². The lowest BCUT2D eigenvalue weighted by Gasteiger charge is -2.07. The van der Waals surface area contributed by atoms with Crippen molar-refractivity contribution in [2.75, 3.05) is 0 Å². The molecule has 1 heterocycles. The van der Waals surface area contributed by atoms with Gasteiger partial charge in [-0.2, -0.15) is 0 Å². The Morgan fingerprint density at radius 2 is 2.00 bits per heavy atom. The van der Waals surface area contributed by atoms with Gasteiger partial charge >= 0.3 is 5.97 Å². The van der Waals surface area contributed by atoms with Crippen LogP contribution in [0.5, 0.6) is 5.75 Å². The lowest BCUT2D eigenvalue weighted by molar-refractivity contribution is 0.0696. The van der Waals surface area contributed by atoms with Crippen LogP contribution in [-0.2, 0) is 6.61 Å². The highest BCUT2D eigenvalue weighted by atomic mass is 32.1. The molecule has 2 aromatic carbocycles. The second kappa shape index (κ2) is 6.62. The molecule has 0 aliphatic heterocycles. The second-order valence-corrected chi connectivity index (χ2v) is 6.13. The first-order chi connectivity index (χ1) is 11.1. The number of benzene rings is 2. The van der Waals surface area contributed by atoms with E-state index in [-0.39, 0.29) is 5.56 Å².